The van der Waals surface area contributed by atoms with Crippen LogP contribution in [0.1, 0.15) is 108 Å². The summed E-state index contributed by atoms with van der Waals surface area (Å²) in [6.07, 6.45) is 0.193. The van der Waals surface area contributed by atoms with Crippen molar-refractivity contribution in [2.24, 2.45) is 22.7 Å². The quantitative estimate of drug-likeness (QED) is 0.214. The van der Waals surface area contributed by atoms with Crippen molar-refractivity contribution in [2.45, 2.75) is 156 Å². The monoisotopic (exact) mass is 710 g/mol. The number of esters is 4. The molecule has 0 aromatic heterocycles. The van der Waals surface area contributed by atoms with Crippen LogP contribution in [0.2, 0.25) is 0 Å². The number of carbonyl (C=O) groups is 4. The summed E-state index contributed by atoms with van der Waals surface area (Å²) in [5.41, 5.74) is -1.63. The van der Waals surface area contributed by atoms with E-state index in [9.17, 15) is 29.4 Å². The van der Waals surface area contributed by atoms with Gasteiger partial charge in [-0.05, 0) is 67.2 Å². The summed E-state index contributed by atoms with van der Waals surface area (Å²) in [4.78, 5) is 52.2. The maximum Gasteiger partial charge on any atom is 0.334 e. The zero-order chi connectivity index (χ0) is 37.6. The largest absolute Gasteiger partial charge is 0.459 e. The van der Waals surface area contributed by atoms with Crippen LogP contribution in [-0.2, 0) is 42.9 Å². The van der Waals surface area contributed by atoms with E-state index in [2.05, 4.69) is 0 Å². The van der Waals surface area contributed by atoms with Gasteiger partial charge in [-0.2, -0.15) is 0 Å². The van der Waals surface area contributed by atoms with Crippen LogP contribution in [-0.4, -0.2) is 81.9 Å². The maximum atomic E-state index is 13.2. The SMILES string of the molecule is CC=C(C)C(=O)OC1CCC2(OC3C4=C(C)C(=O)OC4CC4(O)CCC(OC(=O)C=C(C)C)C(C)C34C)CC3OC(=O)C(C)=C3C(O)C2(C)C1C. The molecule has 0 aromatic carbocycles. The smallest absolute Gasteiger partial charge is 0.334 e. The average Bonchev–Trinajstić information content (AvgIpc) is 3.50. The number of hydrogen-bond donors (Lipinski definition) is 2. The van der Waals surface area contributed by atoms with Gasteiger partial charge in [-0.1, -0.05) is 39.3 Å². The van der Waals surface area contributed by atoms with Gasteiger partial charge in [-0.3, -0.25) is 0 Å². The molecule has 12 unspecified atom stereocenters. The average molecular weight is 711 g/mol. The van der Waals surface area contributed by atoms with E-state index < -0.39 is 94.4 Å². The third-order valence-corrected chi connectivity index (χ3v) is 14.1. The van der Waals surface area contributed by atoms with Crippen molar-refractivity contribution in [1.29, 1.82) is 0 Å². The molecule has 0 amide bonds. The Morgan fingerprint density at radius 1 is 0.843 bits per heavy atom. The van der Waals surface area contributed by atoms with Crippen LogP contribution in [0.3, 0.4) is 0 Å². The number of aliphatic hydroxyl groups is 2. The molecule has 2 aliphatic heterocycles. The molecular weight excluding hydrogens is 656 g/mol. The van der Waals surface area contributed by atoms with Gasteiger partial charge in [0, 0.05) is 69.4 Å². The van der Waals surface area contributed by atoms with E-state index in [4.69, 9.17) is 23.7 Å². The van der Waals surface area contributed by atoms with Gasteiger partial charge in [0.15, 0.2) is 0 Å². The Bertz CT molecular complexity index is 1660. The van der Waals surface area contributed by atoms with Crippen LogP contribution in [0.5, 0.6) is 0 Å². The molecule has 0 spiro atoms. The van der Waals surface area contributed by atoms with Crippen molar-refractivity contribution < 1.29 is 53.1 Å². The van der Waals surface area contributed by atoms with Crippen molar-refractivity contribution in [3.63, 3.8) is 0 Å². The Labute approximate surface area is 300 Å². The molecule has 0 bridgehead atoms. The molecule has 12 atom stereocenters. The first-order valence-corrected chi connectivity index (χ1v) is 18.4. The molecule has 11 nitrogen and oxygen atoms in total. The number of ether oxygens (including phenoxy) is 5. The summed E-state index contributed by atoms with van der Waals surface area (Å²) >= 11 is 0. The molecule has 2 heterocycles. The summed E-state index contributed by atoms with van der Waals surface area (Å²) in [5, 5.41) is 25.2. The maximum absolute atomic E-state index is 13.2. The molecule has 0 aromatic rings. The van der Waals surface area contributed by atoms with E-state index in [0.29, 0.717) is 47.1 Å². The van der Waals surface area contributed by atoms with Gasteiger partial charge in [0.2, 0.25) is 0 Å². The topological polar surface area (TPSA) is 155 Å². The van der Waals surface area contributed by atoms with E-state index in [1.807, 2.05) is 41.5 Å². The Morgan fingerprint density at radius 3 is 2.00 bits per heavy atom. The summed E-state index contributed by atoms with van der Waals surface area (Å²) in [6, 6.07) is 0. The van der Waals surface area contributed by atoms with Gasteiger partial charge < -0.3 is 33.9 Å². The fraction of sp³-hybridized carbons (Fsp3) is 0.700. The van der Waals surface area contributed by atoms with Crippen molar-refractivity contribution >= 4 is 23.9 Å². The fourth-order valence-corrected chi connectivity index (χ4v) is 10.3. The molecule has 6 rings (SSSR count). The van der Waals surface area contributed by atoms with Crippen LogP contribution in [0.15, 0.2) is 45.6 Å². The predicted molar refractivity (Wildman–Crippen MR) is 185 cm³/mol. The molecule has 0 radical (unpaired) electrons. The molecule has 2 N–H and O–H groups in total. The second kappa shape index (κ2) is 12.7. The van der Waals surface area contributed by atoms with Crippen molar-refractivity contribution in [2.75, 3.05) is 0 Å². The van der Waals surface area contributed by atoms with Crippen LogP contribution >= 0.6 is 0 Å². The lowest BCUT2D eigenvalue weighted by atomic mass is 9.47. The molecule has 280 valence electrons. The number of rotatable bonds is 6. The zero-order valence-electron chi connectivity index (χ0n) is 31.6. The summed E-state index contributed by atoms with van der Waals surface area (Å²) in [5.74, 6) is -2.79. The highest BCUT2D eigenvalue weighted by molar-refractivity contribution is 5.93. The first-order chi connectivity index (χ1) is 23.8. The minimum absolute atomic E-state index is 0.165. The van der Waals surface area contributed by atoms with Crippen molar-refractivity contribution in [1.82, 2.24) is 0 Å². The van der Waals surface area contributed by atoms with E-state index in [-0.39, 0.29) is 19.3 Å². The number of hydrogen-bond acceptors (Lipinski definition) is 11. The van der Waals surface area contributed by atoms with Gasteiger partial charge in [0.05, 0.1) is 23.4 Å². The molecule has 4 saturated carbocycles. The van der Waals surface area contributed by atoms with E-state index >= 15 is 0 Å². The second-order valence-corrected chi connectivity index (χ2v) is 16.6. The molecule has 6 aliphatic rings. The number of allylic oxidation sites excluding steroid dienone is 2. The third kappa shape index (κ3) is 5.39. The number of fused-ring (bicyclic) bond motifs is 4. The molecule has 0 saturated heterocycles. The summed E-state index contributed by atoms with van der Waals surface area (Å²) < 4.78 is 31.5. The molecule has 4 fully saturated rings. The Morgan fingerprint density at radius 2 is 1.39 bits per heavy atom. The van der Waals surface area contributed by atoms with E-state index in [1.165, 1.54) is 6.08 Å². The van der Waals surface area contributed by atoms with Gasteiger partial charge in [-0.15, -0.1) is 0 Å². The Balaban J connectivity index is 1.49. The molecule has 11 heteroatoms. The van der Waals surface area contributed by atoms with Crippen molar-refractivity contribution in [3.8, 4) is 0 Å². The van der Waals surface area contributed by atoms with Crippen LogP contribution < -0.4 is 0 Å². The number of aliphatic hydroxyl groups excluding tert-OH is 1. The van der Waals surface area contributed by atoms with E-state index in [0.717, 1.165) is 5.57 Å². The summed E-state index contributed by atoms with van der Waals surface area (Å²) in [7, 11) is 0. The predicted octanol–water partition coefficient (Wildman–Crippen LogP) is 5.12. The first-order valence-electron chi connectivity index (χ1n) is 18.4. The lowest BCUT2D eigenvalue weighted by Crippen LogP contribution is -2.73. The zero-order valence-corrected chi connectivity index (χ0v) is 31.6. The molecular formula is C40H54O11. The van der Waals surface area contributed by atoms with Crippen LogP contribution in [0.25, 0.3) is 0 Å². The standard InChI is InChI=1S/C40H54O11/c1-11-20(4)34(43)48-26-13-15-40(18-28-30(21(5)35(44)50-28)32(42)37(40,9)23(26)7)51-33-31-22(6)36(45)49-27(31)17-39(46)14-12-25(24(8)38(33,39)10)47-29(41)16-19(2)3/h11,16,23-28,32-33,42,46H,12-15,17-18H2,1-10H3. The normalized spacial score (nSPS) is 43.3. The van der Waals surface area contributed by atoms with Gasteiger partial charge >= 0.3 is 23.9 Å². The highest BCUT2D eigenvalue weighted by Crippen LogP contribution is 2.66. The van der Waals surface area contributed by atoms with E-state index in [1.54, 1.807) is 33.8 Å². The minimum atomic E-state index is -1.38. The van der Waals surface area contributed by atoms with Gasteiger partial charge in [0.25, 0.3) is 0 Å². The van der Waals surface area contributed by atoms with Gasteiger partial charge in [0.1, 0.15) is 24.4 Å². The van der Waals surface area contributed by atoms with Crippen LogP contribution in [0, 0.1) is 22.7 Å². The Hall–Kier alpha value is -3.28. The summed E-state index contributed by atoms with van der Waals surface area (Å²) in [6.45, 7) is 18.2. The fourth-order valence-electron chi connectivity index (χ4n) is 10.3. The number of carbonyl (C=O) groups excluding carboxylic acids is 4. The van der Waals surface area contributed by atoms with Gasteiger partial charge in [-0.25, -0.2) is 19.2 Å². The first kappa shape index (κ1) is 37.5. The highest BCUT2D eigenvalue weighted by atomic mass is 16.6. The lowest BCUT2D eigenvalue weighted by molar-refractivity contribution is -0.310. The second-order valence-electron chi connectivity index (χ2n) is 16.6. The third-order valence-electron chi connectivity index (χ3n) is 14.1. The Kier molecular flexibility index (Phi) is 9.33. The molecule has 4 aliphatic carbocycles. The lowest BCUT2D eigenvalue weighted by Gasteiger charge is -2.66. The van der Waals surface area contributed by atoms with Crippen LogP contribution in [0.4, 0.5) is 0 Å². The van der Waals surface area contributed by atoms with Crippen molar-refractivity contribution in [3.05, 3.63) is 45.6 Å². The molecule has 51 heavy (non-hydrogen) atoms. The highest BCUT2D eigenvalue weighted by Gasteiger charge is 2.72. The minimum Gasteiger partial charge on any atom is -0.459 e.